The van der Waals surface area contributed by atoms with Crippen LogP contribution in [-0.2, 0) is 11.3 Å². The molecule has 1 rings (SSSR count). The molecule has 0 fully saturated rings. The maximum atomic E-state index is 5.57. The summed E-state index contributed by atoms with van der Waals surface area (Å²) in [7, 11) is 0. The Balaban J connectivity index is 2.20. The maximum absolute atomic E-state index is 5.57. The van der Waals surface area contributed by atoms with E-state index >= 15 is 0 Å². The number of anilines is 1. The number of hydrogen-bond donors (Lipinski definition) is 1. The van der Waals surface area contributed by atoms with Gasteiger partial charge in [-0.15, -0.1) is 5.10 Å². The lowest BCUT2D eigenvalue weighted by Crippen LogP contribution is -1.98. The van der Waals surface area contributed by atoms with E-state index in [1.165, 1.54) is 11.5 Å². The van der Waals surface area contributed by atoms with Gasteiger partial charge in [-0.1, -0.05) is 17.8 Å². The fourth-order valence-electron chi connectivity index (χ4n) is 0.731. The molecule has 0 radical (unpaired) electrons. The van der Waals surface area contributed by atoms with Crippen LogP contribution in [-0.4, -0.2) is 16.2 Å². The van der Waals surface area contributed by atoms with Gasteiger partial charge >= 0.3 is 0 Å². The predicted octanol–water partition coefficient (Wildman–Crippen LogP) is 1.44. The van der Waals surface area contributed by atoms with E-state index in [2.05, 4.69) is 16.5 Å². The van der Waals surface area contributed by atoms with Crippen molar-refractivity contribution in [2.75, 3.05) is 12.3 Å². The zero-order valence-corrected chi connectivity index (χ0v) is 7.93. The van der Waals surface area contributed by atoms with Crippen LogP contribution in [0.15, 0.2) is 0 Å². The fourth-order valence-corrected chi connectivity index (χ4v) is 1.16. The van der Waals surface area contributed by atoms with Gasteiger partial charge in [0, 0.05) is 18.1 Å². The number of aromatic nitrogens is 2. The Kier molecular flexibility index (Phi) is 3.96. The summed E-state index contributed by atoms with van der Waals surface area (Å²) >= 11 is 1.20. The molecule has 0 aliphatic rings. The first kappa shape index (κ1) is 9.41. The normalized spacial score (nSPS) is 10.4. The number of nitrogens with zero attached hydrogens (tertiary/aromatic N) is 2. The van der Waals surface area contributed by atoms with Crippen LogP contribution in [0.2, 0.25) is 0 Å². The highest BCUT2D eigenvalue weighted by molar-refractivity contribution is 7.09. The number of nitrogen functional groups attached to an aromatic ring is 1. The van der Waals surface area contributed by atoms with Gasteiger partial charge < -0.3 is 10.5 Å². The summed E-state index contributed by atoms with van der Waals surface area (Å²) in [5.41, 5.74) is 6.33. The van der Waals surface area contributed by atoms with E-state index in [4.69, 9.17) is 10.5 Å². The summed E-state index contributed by atoms with van der Waals surface area (Å²) in [6.07, 6.45) is 2.22. The second kappa shape index (κ2) is 5.05. The van der Waals surface area contributed by atoms with Gasteiger partial charge in [-0.25, -0.2) is 0 Å². The highest BCUT2D eigenvalue weighted by Gasteiger charge is 2.02. The van der Waals surface area contributed by atoms with E-state index < -0.39 is 0 Å². The first-order chi connectivity index (χ1) is 5.84. The predicted molar refractivity (Wildman–Crippen MR) is 48.9 cm³/mol. The van der Waals surface area contributed by atoms with E-state index in [0.29, 0.717) is 11.6 Å². The van der Waals surface area contributed by atoms with Gasteiger partial charge in [-0.05, 0) is 6.42 Å². The van der Waals surface area contributed by atoms with E-state index in [1.807, 2.05) is 0 Å². The lowest BCUT2D eigenvalue weighted by atomic mass is 10.4. The van der Waals surface area contributed by atoms with Crippen LogP contribution in [0.5, 0.6) is 0 Å². The van der Waals surface area contributed by atoms with Crippen molar-refractivity contribution in [2.24, 2.45) is 0 Å². The molecule has 0 saturated heterocycles. The van der Waals surface area contributed by atoms with Crippen molar-refractivity contribution in [3.63, 3.8) is 0 Å². The van der Waals surface area contributed by atoms with E-state index in [1.54, 1.807) is 0 Å². The van der Waals surface area contributed by atoms with Crippen molar-refractivity contribution in [3.05, 3.63) is 5.69 Å². The monoisotopic (exact) mass is 187 g/mol. The van der Waals surface area contributed by atoms with Gasteiger partial charge in [0.25, 0.3) is 0 Å². The Labute approximate surface area is 75.9 Å². The summed E-state index contributed by atoms with van der Waals surface area (Å²) < 4.78 is 9.03. The van der Waals surface area contributed by atoms with Crippen LogP contribution in [0.3, 0.4) is 0 Å². The number of rotatable bonds is 5. The molecule has 0 aliphatic carbocycles. The van der Waals surface area contributed by atoms with Crippen LogP contribution in [0.25, 0.3) is 0 Å². The van der Waals surface area contributed by atoms with Gasteiger partial charge in [-0.3, -0.25) is 0 Å². The molecule has 0 amide bonds. The highest BCUT2D eigenvalue weighted by Crippen LogP contribution is 2.12. The van der Waals surface area contributed by atoms with Crippen molar-refractivity contribution >= 4 is 16.5 Å². The van der Waals surface area contributed by atoms with Gasteiger partial charge in [0.2, 0.25) is 0 Å². The molecule has 2 N–H and O–H groups in total. The average molecular weight is 187 g/mol. The van der Waals surface area contributed by atoms with E-state index in [-0.39, 0.29) is 0 Å². The van der Waals surface area contributed by atoms with Crippen LogP contribution in [0.4, 0.5) is 5.00 Å². The summed E-state index contributed by atoms with van der Waals surface area (Å²) in [4.78, 5) is 0. The van der Waals surface area contributed by atoms with Crippen molar-refractivity contribution in [3.8, 4) is 0 Å². The molecule has 0 bridgehead atoms. The largest absolute Gasteiger partial charge is 0.388 e. The molecular formula is C7H13N3OS. The molecule has 0 saturated carbocycles. The van der Waals surface area contributed by atoms with Crippen LogP contribution >= 0.6 is 11.5 Å². The van der Waals surface area contributed by atoms with Crippen LogP contribution in [0.1, 0.15) is 25.5 Å². The van der Waals surface area contributed by atoms with E-state index in [9.17, 15) is 0 Å². The topological polar surface area (TPSA) is 61.0 Å². The zero-order chi connectivity index (χ0) is 8.81. The third-order valence-electron chi connectivity index (χ3n) is 1.47. The number of nitrogens with two attached hydrogens (primary N) is 1. The summed E-state index contributed by atoms with van der Waals surface area (Å²) in [5.74, 6) is 0. The number of hydrogen-bond acceptors (Lipinski definition) is 5. The number of unbranched alkanes of at least 4 members (excludes halogenated alkanes) is 1. The molecular weight excluding hydrogens is 174 g/mol. The number of ether oxygens (including phenoxy) is 1. The molecule has 12 heavy (non-hydrogen) atoms. The summed E-state index contributed by atoms with van der Waals surface area (Å²) in [6.45, 7) is 3.39. The molecule has 1 heterocycles. The molecule has 1 aromatic heterocycles. The van der Waals surface area contributed by atoms with Gasteiger partial charge in [0.1, 0.15) is 10.7 Å². The smallest absolute Gasteiger partial charge is 0.133 e. The first-order valence-corrected chi connectivity index (χ1v) is 4.76. The minimum Gasteiger partial charge on any atom is -0.388 e. The second-order valence-corrected chi connectivity index (χ2v) is 3.28. The molecule has 0 aliphatic heterocycles. The van der Waals surface area contributed by atoms with E-state index in [0.717, 1.165) is 25.1 Å². The maximum Gasteiger partial charge on any atom is 0.133 e. The third kappa shape index (κ3) is 2.75. The Morgan fingerprint density at radius 1 is 1.58 bits per heavy atom. The van der Waals surface area contributed by atoms with Crippen molar-refractivity contribution in [1.29, 1.82) is 0 Å². The Bertz CT molecular complexity index is 226. The Morgan fingerprint density at radius 2 is 2.42 bits per heavy atom. The van der Waals surface area contributed by atoms with Crippen molar-refractivity contribution in [1.82, 2.24) is 9.59 Å². The molecule has 5 heteroatoms. The molecule has 0 atom stereocenters. The van der Waals surface area contributed by atoms with Gasteiger partial charge in [0.05, 0.1) is 6.61 Å². The summed E-state index contributed by atoms with van der Waals surface area (Å²) in [5, 5.41) is 4.49. The van der Waals surface area contributed by atoms with Crippen molar-refractivity contribution in [2.45, 2.75) is 26.4 Å². The molecule has 1 aromatic rings. The highest BCUT2D eigenvalue weighted by atomic mass is 32.1. The van der Waals surface area contributed by atoms with Gasteiger partial charge in [0.15, 0.2) is 0 Å². The Hall–Kier alpha value is -0.680. The fraction of sp³-hybridized carbons (Fsp3) is 0.714. The zero-order valence-electron chi connectivity index (χ0n) is 7.12. The standard InChI is InChI=1S/C7H13N3OS/c1-2-3-4-11-5-6-7(8)12-10-9-6/h2-5,8H2,1H3. The summed E-state index contributed by atoms with van der Waals surface area (Å²) in [6, 6.07) is 0. The quantitative estimate of drug-likeness (QED) is 0.708. The average Bonchev–Trinajstić information content (AvgIpc) is 2.46. The lowest BCUT2D eigenvalue weighted by molar-refractivity contribution is 0.116. The lowest BCUT2D eigenvalue weighted by Gasteiger charge is -1.99. The molecule has 0 unspecified atom stereocenters. The molecule has 0 aromatic carbocycles. The molecule has 68 valence electrons. The Morgan fingerprint density at radius 3 is 3.00 bits per heavy atom. The van der Waals surface area contributed by atoms with Crippen LogP contribution < -0.4 is 5.73 Å². The molecule has 4 nitrogen and oxygen atoms in total. The SMILES string of the molecule is CCCCOCc1nnsc1N. The van der Waals surface area contributed by atoms with Crippen LogP contribution in [0, 0.1) is 0 Å². The van der Waals surface area contributed by atoms with Gasteiger partial charge in [-0.2, -0.15) is 0 Å². The molecule has 0 spiro atoms. The van der Waals surface area contributed by atoms with Crippen molar-refractivity contribution < 1.29 is 4.74 Å². The second-order valence-electron chi connectivity index (χ2n) is 2.49. The first-order valence-electron chi connectivity index (χ1n) is 3.99. The third-order valence-corrected chi connectivity index (χ3v) is 2.06. The minimum absolute atomic E-state index is 0.488. The minimum atomic E-state index is 0.488.